The van der Waals surface area contributed by atoms with Gasteiger partial charge in [0.15, 0.2) is 11.4 Å². The SMILES string of the molecule is O=C1CC(c2cc(F)cc(F)c2)Cc2nc3c(-c4ccc(Cl)cc4)cnn3cc21. The molecule has 0 radical (unpaired) electrons. The van der Waals surface area contributed by atoms with Crippen LogP contribution in [-0.2, 0) is 6.42 Å². The Balaban J connectivity index is 1.59. The fourth-order valence-electron chi connectivity index (χ4n) is 3.85. The normalized spacial score (nSPS) is 16.2. The third kappa shape index (κ3) is 3.19. The number of Topliss-reactive ketones (excluding diaryl/α,β-unsaturated/α-hetero) is 1. The monoisotopic (exact) mass is 409 g/mol. The molecule has 5 rings (SSSR count). The van der Waals surface area contributed by atoms with Crippen molar-refractivity contribution in [2.24, 2.45) is 0 Å². The number of carbonyl (C=O) groups excluding carboxylic acids is 1. The summed E-state index contributed by atoms with van der Waals surface area (Å²) in [5.74, 6) is -1.74. The molecule has 0 spiro atoms. The van der Waals surface area contributed by atoms with Gasteiger partial charge < -0.3 is 0 Å². The summed E-state index contributed by atoms with van der Waals surface area (Å²) in [5.41, 5.74) is 3.91. The van der Waals surface area contributed by atoms with Crippen molar-refractivity contribution in [3.05, 3.63) is 88.3 Å². The summed E-state index contributed by atoms with van der Waals surface area (Å²) in [5, 5.41) is 4.96. The summed E-state index contributed by atoms with van der Waals surface area (Å²) in [6.07, 6.45) is 3.98. The third-order valence-electron chi connectivity index (χ3n) is 5.26. The molecule has 0 bridgehead atoms. The van der Waals surface area contributed by atoms with Gasteiger partial charge in [0.1, 0.15) is 11.6 Å². The molecule has 7 heteroatoms. The highest BCUT2D eigenvalue weighted by atomic mass is 35.5. The average Bonchev–Trinajstić information content (AvgIpc) is 3.09. The van der Waals surface area contributed by atoms with Crippen molar-refractivity contribution in [1.82, 2.24) is 14.6 Å². The number of rotatable bonds is 2. The van der Waals surface area contributed by atoms with Crippen molar-refractivity contribution in [3.63, 3.8) is 0 Å². The van der Waals surface area contributed by atoms with E-state index in [9.17, 15) is 13.6 Å². The standard InChI is InChI=1S/C22H14ClF2N3O/c23-15-3-1-12(2-4-15)18-10-26-28-11-19-20(27-22(18)28)7-14(8-21(19)29)13-5-16(24)9-17(25)6-13/h1-6,9-11,14H,7-8H2. The predicted octanol–water partition coefficient (Wildman–Crippen LogP) is 5.24. The first-order valence-electron chi connectivity index (χ1n) is 9.10. The van der Waals surface area contributed by atoms with Gasteiger partial charge in [0.05, 0.1) is 17.5 Å². The van der Waals surface area contributed by atoms with Crippen LogP contribution in [0.4, 0.5) is 8.78 Å². The Bertz CT molecular complexity index is 1250. The Labute approximate surface area is 169 Å². The molecule has 29 heavy (non-hydrogen) atoms. The van der Waals surface area contributed by atoms with Gasteiger partial charge in [0.25, 0.3) is 0 Å². The molecule has 1 unspecified atom stereocenters. The fraction of sp³-hybridized carbons (Fsp3) is 0.136. The van der Waals surface area contributed by atoms with Gasteiger partial charge in [-0.25, -0.2) is 18.3 Å². The summed E-state index contributed by atoms with van der Waals surface area (Å²) < 4.78 is 28.9. The zero-order valence-electron chi connectivity index (χ0n) is 15.1. The molecule has 0 saturated carbocycles. The molecule has 2 heterocycles. The van der Waals surface area contributed by atoms with Crippen LogP contribution >= 0.6 is 11.6 Å². The number of carbonyl (C=O) groups is 1. The molecular formula is C22H14ClF2N3O. The molecule has 2 aromatic carbocycles. The average molecular weight is 410 g/mol. The van der Waals surface area contributed by atoms with E-state index < -0.39 is 11.6 Å². The Morgan fingerprint density at radius 1 is 1.00 bits per heavy atom. The van der Waals surface area contributed by atoms with Crippen LogP contribution in [0, 0.1) is 11.6 Å². The Kier molecular flexibility index (Phi) is 4.17. The van der Waals surface area contributed by atoms with Gasteiger partial charge in [0.2, 0.25) is 0 Å². The summed E-state index contributed by atoms with van der Waals surface area (Å²) in [6, 6.07) is 10.7. The lowest BCUT2D eigenvalue weighted by Crippen LogP contribution is -2.21. The lowest BCUT2D eigenvalue weighted by molar-refractivity contribution is 0.0962. The maximum Gasteiger partial charge on any atom is 0.166 e. The van der Waals surface area contributed by atoms with Gasteiger partial charge in [0, 0.05) is 29.3 Å². The molecule has 0 amide bonds. The lowest BCUT2D eigenvalue weighted by atomic mass is 9.82. The van der Waals surface area contributed by atoms with E-state index in [1.807, 2.05) is 12.1 Å². The molecule has 0 fully saturated rings. The molecule has 1 aliphatic carbocycles. The van der Waals surface area contributed by atoms with Crippen LogP contribution in [0.1, 0.15) is 34.0 Å². The van der Waals surface area contributed by atoms with Gasteiger partial charge in [-0.3, -0.25) is 4.79 Å². The van der Waals surface area contributed by atoms with Crippen LogP contribution in [0.5, 0.6) is 0 Å². The summed E-state index contributed by atoms with van der Waals surface area (Å²) in [6.45, 7) is 0. The maximum atomic E-state index is 13.7. The van der Waals surface area contributed by atoms with Gasteiger partial charge in [-0.1, -0.05) is 23.7 Å². The largest absolute Gasteiger partial charge is 0.294 e. The number of nitrogens with zero attached hydrogens (tertiary/aromatic N) is 3. The maximum absolute atomic E-state index is 13.7. The molecular weight excluding hydrogens is 396 g/mol. The summed E-state index contributed by atoms with van der Waals surface area (Å²) in [4.78, 5) is 17.4. The van der Waals surface area contributed by atoms with Crippen LogP contribution < -0.4 is 0 Å². The third-order valence-corrected chi connectivity index (χ3v) is 5.51. The molecule has 0 N–H and O–H groups in total. The van der Waals surface area contributed by atoms with Crippen molar-refractivity contribution in [3.8, 4) is 11.1 Å². The van der Waals surface area contributed by atoms with E-state index in [1.54, 1.807) is 29.0 Å². The van der Waals surface area contributed by atoms with Crippen molar-refractivity contribution in [2.75, 3.05) is 0 Å². The van der Waals surface area contributed by atoms with Crippen LogP contribution in [0.2, 0.25) is 5.02 Å². The van der Waals surface area contributed by atoms with E-state index in [1.165, 1.54) is 12.1 Å². The molecule has 1 atom stereocenters. The van der Waals surface area contributed by atoms with Gasteiger partial charge >= 0.3 is 0 Å². The number of fused-ring (bicyclic) bond motifs is 2. The minimum absolute atomic E-state index is 0.112. The van der Waals surface area contributed by atoms with E-state index >= 15 is 0 Å². The Hall–Kier alpha value is -3.12. The van der Waals surface area contributed by atoms with Crippen LogP contribution in [0.25, 0.3) is 16.8 Å². The molecule has 1 aliphatic rings. The number of benzene rings is 2. The highest BCUT2D eigenvalue weighted by Crippen LogP contribution is 2.34. The van der Waals surface area contributed by atoms with E-state index in [-0.39, 0.29) is 18.1 Å². The second-order valence-electron chi connectivity index (χ2n) is 7.17. The number of halogens is 3. The van der Waals surface area contributed by atoms with Crippen molar-refractivity contribution in [1.29, 1.82) is 0 Å². The highest BCUT2D eigenvalue weighted by Gasteiger charge is 2.29. The zero-order chi connectivity index (χ0) is 20.1. The minimum atomic E-state index is -0.650. The smallest absolute Gasteiger partial charge is 0.166 e. The number of ketones is 1. The van der Waals surface area contributed by atoms with Gasteiger partial charge in [-0.15, -0.1) is 0 Å². The first-order chi connectivity index (χ1) is 14.0. The molecule has 2 aromatic heterocycles. The second kappa shape index (κ2) is 6.74. The Morgan fingerprint density at radius 3 is 2.45 bits per heavy atom. The second-order valence-corrected chi connectivity index (χ2v) is 7.60. The molecule has 4 nitrogen and oxygen atoms in total. The molecule has 144 valence electrons. The number of hydrogen-bond donors (Lipinski definition) is 0. The van der Waals surface area contributed by atoms with Crippen LogP contribution in [-0.4, -0.2) is 20.4 Å². The molecule has 0 saturated heterocycles. The quantitative estimate of drug-likeness (QED) is 0.455. The van der Waals surface area contributed by atoms with Crippen LogP contribution in [0.3, 0.4) is 0 Å². The van der Waals surface area contributed by atoms with E-state index in [0.717, 1.165) is 17.2 Å². The van der Waals surface area contributed by atoms with Crippen molar-refractivity contribution >= 4 is 23.0 Å². The summed E-state index contributed by atoms with van der Waals surface area (Å²) in [7, 11) is 0. The topological polar surface area (TPSA) is 47.3 Å². The first kappa shape index (κ1) is 17.9. The summed E-state index contributed by atoms with van der Waals surface area (Å²) >= 11 is 5.97. The number of aromatic nitrogens is 3. The molecule has 0 aliphatic heterocycles. The zero-order valence-corrected chi connectivity index (χ0v) is 15.8. The van der Waals surface area contributed by atoms with Crippen molar-refractivity contribution < 1.29 is 13.6 Å². The fourth-order valence-corrected chi connectivity index (χ4v) is 3.98. The van der Waals surface area contributed by atoms with E-state index in [0.29, 0.717) is 33.9 Å². The van der Waals surface area contributed by atoms with E-state index in [2.05, 4.69) is 5.10 Å². The van der Waals surface area contributed by atoms with Crippen LogP contribution in [0.15, 0.2) is 54.9 Å². The minimum Gasteiger partial charge on any atom is -0.294 e. The first-order valence-corrected chi connectivity index (χ1v) is 9.48. The number of hydrogen-bond acceptors (Lipinski definition) is 3. The van der Waals surface area contributed by atoms with Crippen molar-refractivity contribution in [2.45, 2.75) is 18.8 Å². The van der Waals surface area contributed by atoms with Gasteiger partial charge in [-0.05, 0) is 47.7 Å². The lowest BCUT2D eigenvalue weighted by Gasteiger charge is -2.23. The predicted molar refractivity (Wildman–Crippen MR) is 105 cm³/mol. The van der Waals surface area contributed by atoms with E-state index in [4.69, 9.17) is 16.6 Å². The highest BCUT2D eigenvalue weighted by molar-refractivity contribution is 6.30. The Morgan fingerprint density at radius 2 is 1.72 bits per heavy atom. The molecule has 4 aromatic rings. The van der Waals surface area contributed by atoms with Gasteiger partial charge in [-0.2, -0.15) is 5.10 Å².